The lowest BCUT2D eigenvalue weighted by Gasteiger charge is -2.11. The molecule has 0 aliphatic heterocycles. The summed E-state index contributed by atoms with van der Waals surface area (Å²) >= 11 is 3.22. The second-order valence-electron chi connectivity index (χ2n) is 3.67. The average molecular weight is 284 g/mol. The van der Waals surface area contributed by atoms with E-state index in [-0.39, 0.29) is 5.82 Å². The van der Waals surface area contributed by atoms with Crippen LogP contribution in [0.2, 0.25) is 0 Å². The molecule has 1 aromatic heterocycles. The van der Waals surface area contributed by atoms with Crippen LogP contribution in [-0.4, -0.2) is 4.98 Å². The van der Waals surface area contributed by atoms with Crippen molar-refractivity contribution in [1.29, 1.82) is 0 Å². The summed E-state index contributed by atoms with van der Waals surface area (Å²) in [4.78, 5) is 4.39. The third-order valence-electron chi connectivity index (χ3n) is 2.45. The summed E-state index contributed by atoms with van der Waals surface area (Å²) in [5.41, 5.74) is 5.61. The minimum absolute atomic E-state index is 0.313. The first-order valence-electron chi connectivity index (χ1n) is 4.77. The van der Waals surface area contributed by atoms with Crippen LogP contribution in [0.4, 0.5) is 10.1 Å². The molecule has 0 bridgehead atoms. The number of benzene rings is 1. The van der Waals surface area contributed by atoms with E-state index in [0.29, 0.717) is 15.5 Å². The van der Waals surface area contributed by atoms with Crippen LogP contribution in [-0.2, 0) is 0 Å². The molecular weight excluding hydrogens is 273 g/mol. The van der Waals surface area contributed by atoms with Gasteiger partial charge >= 0.3 is 0 Å². The van der Waals surface area contributed by atoms with Crippen LogP contribution < -0.4 is 11.3 Å². The number of aryl methyl sites for hydroxylation is 2. The maximum Gasteiger partial charge on any atom is 0.138 e. The number of hydrogen-bond donors (Lipinski definition) is 2. The Bertz CT molecular complexity index is 569. The molecule has 0 aliphatic carbocycles. The smallest absolute Gasteiger partial charge is 0.138 e. The van der Waals surface area contributed by atoms with E-state index in [2.05, 4.69) is 26.3 Å². The highest BCUT2D eigenvalue weighted by molar-refractivity contribution is 9.10. The summed E-state index contributed by atoms with van der Waals surface area (Å²) in [5.74, 6) is 5.12. The molecule has 0 atom stereocenters. The number of nitrogens with one attached hydrogen (secondary N) is 1. The van der Waals surface area contributed by atoms with Gasteiger partial charge in [0.15, 0.2) is 0 Å². The fraction of sp³-hybridized carbons (Fsp3) is 0.182. The SMILES string of the molecule is Cc1cc(NN)c2c(Br)c(F)cc(C)c2n1. The first-order valence-corrected chi connectivity index (χ1v) is 5.56. The van der Waals surface area contributed by atoms with E-state index in [1.165, 1.54) is 6.07 Å². The highest BCUT2D eigenvalue weighted by atomic mass is 79.9. The molecule has 0 unspecified atom stereocenters. The molecule has 3 nitrogen and oxygen atoms in total. The topological polar surface area (TPSA) is 50.9 Å². The Hall–Kier alpha value is -1.20. The van der Waals surface area contributed by atoms with Gasteiger partial charge in [0, 0.05) is 11.1 Å². The van der Waals surface area contributed by atoms with E-state index in [1.807, 2.05) is 13.8 Å². The highest BCUT2D eigenvalue weighted by Gasteiger charge is 2.13. The van der Waals surface area contributed by atoms with E-state index < -0.39 is 0 Å². The molecule has 0 amide bonds. The summed E-state index contributed by atoms with van der Waals surface area (Å²) in [6.45, 7) is 3.70. The molecule has 0 radical (unpaired) electrons. The lowest BCUT2D eigenvalue weighted by Crippen LogP contribution is -2.08. The number of aromatic nitrogens is 1. The maximum absolute atomic E-state index is 13.6. The first kappa shape index (κ1) is 11.3. The highest BCUT2D eigenvalue weighted by Crippen LogP contribution is 2.33. The fourth-order valence-electron chi connectivity index (χ4n) is 1.74. The molecule has 0 aliphatic rings. The van der Waals surface area contributed by atoms with Crippen LogP contribution in [0, 0.1) is 19.7 Å². The summed E-state index contributed by atoms with van der Waals surface area (Å²) in [6, 6.07) is 3.24. The molecule has 0 fully saturated rings. The van der Waals surface area contributed by atoms with Crippen molar-refractivity contribution in [3.8, 4) is 0 Å². The van der Waals surface area contributed by atoms with E-state index in [1.54, 1.807) is 6.07 Å². The molecule has 16 heavy (non-hydrogen) atoms. The lowest BCUT2D eigenvalue weighted by atomic mass is 10.1. The Morgan fingerprint density at radius 2 is 2.06 bits per heavy atom. The minimum Gasteiger partial charge on any atom is -0.323 e. The van der Waals surface area contributed by atoms with E-state index >= 15 is 0 Å². The number of halogens is 2. The van der Waals surface area contributed by atoms with Crippen LogP contribution in [0.1, 0.15) is 11.3 Å². The van der Waals surface area contributed by atoms with Crippen LogP contribution in [0.15, 0.2) is 16.6 Å². The van der Waals surface area contributed by atoms with E-state index in [4.69, 9.17) is 5.84 Å². The van der Waals surface area contributed by atoms with Gasteiger partial charge in [-0.2, -0.15) is 0 Å². The van der Waals surface area contributed by atoms with Crippen molar-refractivity contribution in [2.75, 3.05) is 5.43 Å². The van der Waals surface area contributed by atoms with Gasteiger partial charge in [0.25, 0.3) is 0 Å². The van der Waals surface area contributed by atoms with Crippen molar-refractivity contribution in [2.45, 2.75) is 13.8 Å². The van der Waals surface area contributed by atoms with Crippen LogP contribution in [0.5, 0.6) is 0 Å². The first-order chi connectivity index (χ1) is 7.54. The number of nitrogens with zero attached hydrogens (tertiary/aromatic N) is 1. The van der Waals surface area contributed by atoms with Gasteiger partial charge in [-0.1, -0.05) is 0 Å². The van der Waals surface area contributed by atoms with E-state index in [0.717, 1.165) is 16.8 Å². The molecule has 1 heterocycles. The Kier molecular flexibility index (Phi) is 2.82. The van der Waals surface area contributed by atoms with Crippen molar-refractivity contribution < 1.29 is 4.39 Å². The number of pyridine rings is 1. The Labute approximate surface area is 101 Å². The third kappa shape index (κ3) is 1.66. The zero-order valence-corrected chi connectivity index (χ0v) is 10.5. The van der Waals surface area contributed by atoms with Gasteiger partial charge in [0.05, 0.1) is 15.7 Å². The van der Waals surface area contributed by atoms with E-state index in [9.17, 15) is 4.39 Å². The van der Waals surface area contributed by atoms with Crippen molar-refractivity contribution in [3.63, 3.8) is 0 Å². The summed E-state index contributed by atoms with van der Waals surface area (Å²) in [7, 11) is 0. The molecule has 2 aromatic rings. The molecule has 1 aromatic carbocycles. The fourth-order valence-corrected chi connectivity index (χ4v) is 2.25. The molecule has 5 heteroatoms. The standard InChI is InChI=1S/C11H11BrFN3/c1-5-3-7(13)10(12)9-8(16-14)4-6(2)15-11(5)9/h3-4H,14H2,1-2H3,(H,15,16). The molecule has 0 saturated heterocycles. The largest absolute Gasteiger partial charge is 0.323 e. The van der Waals surface area contributed by atoms with Gasteiger partial charge in [-0.25, -0.2) is 4.39 Å². The predicted octanol–water partition coefficient (Wildman–Crippen LogP) is 3.04. The van der Waals surface area contributed by atoms with Gasteiger partial charge in [0.1, 0.15) is 5.82 Å². The van der Waals surface area contributed by atoms with Crippen molar-refractivity contribution in [3.05, 3.63) is 33.7 Å². The Morgan fingerprint density at radius 1 is 1.38 bits per heavy atom. The monoisotopic (exact) mass is 283 g/mol. The minimum atomic E-state index is -0.313. The number of hydrazine groups is 1. The van der Waals surface area contributed by atoms with Crippen molar-refractivity contribution >= 4 is 32.5 Å². The molecule has 2 rings (SSSR count). The number of rotatable bonds is 1. The van der Waals surface area contributed by atoms with Gasteiger partial charge in [-0.3, -0.25) is 10.8 Å². The quantitative estimate of drug-likeness (QED) is 0.625. The molecule has 0 saturated carbocycles. The average Bonchev–Trinajstić information content (AvgIpc) is 2.25. The van der Waals surface area contributed by atoms with Crippen molar-refractivity contribution in [1.82, 2.24) is 4.98 Å². The number of hydrogen-bond acceptors (Lipinski definition) is 3. The molecule has 84 valence electrons. The molecular formula is C11H11BrFN3. The number of nitrogen functional groups attached to an aromatic ring is 1. The van der Waals surface area contributed by atoms with Crippen LogP contribution in [0.25, 0.3) is 10.9 Å². The predicted molar refractivity (Wildman–Crippen MR) is 66.7 cm³/mol. The van der Waals surface area contributed by atoms with Gasteiger partial charge in [0.2, 0.25) is 0 Å². The lowest BCUT2D eigenvalue weighted by molar-refractivity contribution is 0.622. The van der Waals surface area contributed by atoms with Crippen molar-refractivity contribution in [2.24, 2.45) is 5.84 Å². The second-order valence-corrected chi connectivity index (χ2v) is 4.46. The normalized spacial score (nSPS) is 10.8. The van der Waals surface area contributed by atoms with Gasteiger partial charge in [-0.05, 0) is 47.5 Å². The van der Waals surface area contributed by atoms with Gasteiger partial charge in [-0.15, -0.1) is 0 Å². The second kappa shape index (κ2) is 3.99. The number of anilines is 1. The van der Waals surface area contributed by atoms with Crippen LogP contribution >= 0.6 is 15.9 Å². The summed E-state index contributed by atoms with van der Waals surface area (Å²) in [5, 5.41) is 0.672. The molecule has 0 spiro atoms. The maximum atomic E-state index is 13.6. The zero-order chi connectivity index (χ0) is 11.9. The summed E-state index contributed by atoms with van der Waals surface area (Å²) < 4.78 is 14.0. The summed E-state index contributed by atoms with van der Waals surface area (Å²) in [6.07, 6.45) is 0. The molecule has 3 N–H and O–H groups in total. The van der Waals surface area contributed by atoms with Crippen LogP contribution in [0.3, 0.4) is 0 Å². The Morgan fingerprint density at radius 3 is 2.69 bits per heavy atom. The number of nitrogens with two attached hydrogens (primary N) is 1. The Balaban J connectivity index is 2.99. The number of fused-ring (bicyclic) bond motifs is 1. The van der Waals surface area contributed by atoms with Gasteiger partial charge < -0.3 is 5.43 Å². The zero-order valence-electron chi connectivity index (χ0n) is 8.94. The third-order valence-corrected chi connectivity index (χ3v) is 3.22.